The lowest BCUT2D eigenvalue weighted by Gasteiger charge is -2.38. The summed E-state index contributed by atoms with van der Waals surface area (Å²) in [6.07, 6.45) is 3.14. The molecular formula is C23H26N2O5. The highest BCUT2D eigenvalue weighted by Gasteiger charge is 2.33. The molecule has 1 N–H and O–H groups in total. The van der Waals surface area contributed by atoms with Crippen LogP contribution >= 0.6 is 0 Å². The Kier molecular flexibility index (Phi) is 5.63. The molecule has 1 aliphatic heterocycles. The number of ether oxygens (including phenoxy) is 2. The number of oxazole rings is 1. The average molecular weight is 410 g/mol. The maximum absolute atomic E-state index is 12.8. The molecule has 0 radical (unpaired) electrons. The van der Waals surface area contributed by atoms with Crippen LogP contribution in [0.1, 0.15) is 36.1 Å². The second kappa shape index (κ2) is 8.36. The number of nitrogens with zero attached hydrogens (tertiary/aromatic N) is 2. The van der Waals surface area contributed by atoms with Crippen molar-refractivity contribution in [3.8, 4) is 11.5 Å². The zero-order chi connectivity index (χ0) is 21.1. The van der Waals surface area contributed by atoms with Crippen molar-refractivity contribution in [3.63, 3.8) is 0 Å². The number of methoxy groups -OCH3 is 1. The Labute approximate surface area is 175 Å². The van der Waals surface area contributed by atoms with E-state index in [1.165, 1.54) is 6.26 Å². The summed E-state index contributed by atoms with van der Waals surface area (Å²) in [7, 11) is 1.64. The molecular weight excluding hydrogens is 384 g/mol. The molecule has 0 aliphatic carbocycles. The number of piperidine rings is 1. The van der Waals surface area contributed by atoms with Crippen LogP contribution in [0.3, 0.4) is 0 Å². The van der Waals surface area contributed by atoms with E-state index in [4.69, 9.17) is 13.9 Å². The summed E-state index contributed by atoms with van der Waals surface area (Å²) >= 11 is 0. The van der Waals surface area contributed by atoms with E-state index < -0.39 is 0 Å². The summed E-state index contributed by atoms with van der Waals surface area (Å²) < 4.78 is 16.5. The van der Waals surface area contributed by atoms with E-state index in [-0.39, 0.29) is 30.2 Å². The van der Waals surface area contributed by atoms with Crippen LogP contribution in [-0.4, -0.2) is 47.7 Å². The van der Waals surface area contributed by atoms with Crippen LogP contribution in [0.4, 0.5) is 0 Å². The largest absolute Gasteiger partial charge is 0.497 e. The predicted molar refractivity (Wildman–Crippen MR) is 112 cm³/mol. The van der Waals surface area contributed by atoms with Gasteiger partial charge in [-0.1, -0.05) is 19.1 Å². The Morgan fingerprint density at radius 2 is 2.00 bits per heavy atom. The molecule has 0 unspecified atom stereocenters. The topological polar surface area (TPSA) is 85.0 Å². The van der Waals surface area contributed by atoms with Gasteiger partial charge in [0, 0.05) is 18.5 Å². The third-order valence-corrected chi connectivity index (χ3v) is 5.60. The molecule has 1 aromatic heterocycles. The van der Waals surface area contributed by atoms with Crippen molar-refractivity contribution in [2.24, 2.45) is 5.41 Å². The van der Waals surface area contributed by atoms with Crippen LogP contribution in [-0.2, 0) is 6.61 Å². The lowest BCUT2D eigenvalue weighted by atomic mass is 9.83. The van der Waals surface area contributed by atoms with Crippen molar-refractivity contribution in [1.29, 1.82) is 0 Å². The van der Waals surface area contributed by atoms with Gasteiger partial charge in [-0.2, -0.15) is 0 Å². The number of aliphatic hydroxyl groups excluding tert-OH is 1. The van der Waals surface area contributed by atoms with Gasteiger partial charge in [-0.15, -0.1) is 0 Å². The molecule has 2 heterocycles. The third kappa shape index (κ3) is 4.26. The number of carbonyl (C=O) groups is 1. The average Bonchev–Trinajstić information content (AvgIpc) is 3.25. The van der Waals surface area contributed by atoms with E-state index in [2.05, 4.69) is 4.98 Å². The quantitative estimate of drug-likeness (QED) is 0.668. The molecule has 1 aliphatic rings. The van der Waals surface area contributed by atoms with E-state index >= 15 is 0 Å². The van der Waals surface area contributed by atoms with Crippen molar-refractivity contribution in [2.75, 3.05) is 26.8 Å². The molecule has 0 saturated carbocycles. The minimum absolute atomic E-state index is 0.0618. The molecule has 4 rings (SSSR count). The standard InChI is InChI=1S/C23H26N2O5/c1-23(15-26)8-3-9-25(14-23)22(27)20-12-30-21(24-20)13-29-19-7-5-16-4-6-18(28-2)10-17(16)11-19/h4-7,10-12,26H,3,8-9,13-15H2,1-2H3/t23-/m0/s1. The summed E-state index contributed by atoms with van der Waals surface area (Å²) in [6, 6.07) is 11.6. The number of aliphatic hydroxyl groups is 1. The molecule has 1 fully saturated rings. The van der Waals surface area contributed by atoms with Crippen LogP contribution in [0.5, 0.6) is 11.5 Å². The predicted octanol–water partition coefficient (Wildman–Crippen LogP) is 3.65. The number of rotatable bonds is 6. The monoisotopic (exact) mass is 410 g/mol. The Hall–Kier alpha value is -3.06. The highest BCUT2D eigenvalue weighted by molar-refractivity contribution is 5.92. The number of amides is 1. The summed E-state index contributed by atoms with van der Waals surface area (Å²) in [4.78, 5) is 18.8. The van der Waals surface area contributed by atoms with Crippen LogP contribution < -0.4 is 9.47 Å². The maximum Gasteiger partial charge on any atom is 0.275 e. The summed E-state index contributed by atoms with van der Waals surface area (Å²) in [5.41, 5.74) is 0.00144. The number of aromatic nitrogens is 1. The number of benzene rings is 2. The zero-order valence-corrected chi connectivity index (χ0v) is 17.3. The Bertz CT molecular complexity index is 1050. The first kappa shape index (κ1) is 20.2. The van der Waals surface area contributed by atoms with Crippen molar-refractivity contribution in [2.45, 2.75) is 26.4 Å². The molecule has 7 heteroatoms. The SMILES string of the molecule is COc1ccc2ccc(OCc3nc(C(=O)N4CCC[C@](C)(CO)C4)co3)cc2c1. The Morgan fingerprint density at radius 3 is 2.77 bits per heavy atom. The molecule has 0 bridgehead atoms. The van der Waals surface area contributed by atoms with E-state index in [0.717, 1.165) is 29.4 Å². The highest BCUT2D eigenvalue weighted by Crippen LogP contribution is 2.29. The number of fused-ring (bicyclic) bond motifs is 1. The van der Waals surface area contributed by atoms with Gasteiger partial charge >= 0.3 is 0 Å². The van der Waals surface area contributed by atoms with Crippen molar-refractivity contribution < 1.29 is 23.8 Å². The lowest BCUT2D eigenvalue weighted by molar-refractivity contribution is 0.0353. The Morgan fingerprint density at radius 1 is 1.23 bits per heavy atom. The summed E-state index contributed by atoms with van der Waals surface area (Å²) in [5.74, 6) is 1.62. The molecule has 0 spiro atoms. The number of likely N-dealkylation sites (tertiary alicyclic amines) is 1. The van der Waals surface area contributed by atoms with Gasteiger partial charge in [0.05, 0.1) is 13.7 Å². The molecule has 30 heavy (non-hydrogen) atoms. The lowest BCUT2D eigenvalue weighted by Crippen LogP contribution is -2.46. The molecule has 158 valence electrons. The van der Waals surface area contributed by atoms with Crippen LogP contribution in [0.2, 0.25) is 0 Å². The van der Waals surface area contributed by atoms with Crippen LogP contribution in [0.25, 0.3) is 10.8 Å². The van der Waals surface area contributed by atoms with E-state index in [9.17, 15) is 9.90 Å². The fourth-order valence-electron chi connectivity index (χ4n) is 3.82. The fraction of sp³-hybridized carbons (Fsp3) is 0.391. The van der Waals surface area contributed by atoms with Gasteiger partial charge in [0.1, 0.15) is 17.8 Å². The van der Waals surface area contributed by atoms with E-state index in [1.807, 2.05) is 43.3 Å². The van der Waals surface area contributed by atoms with Crippen molar-refractivity contribution >= 4 is 16.7 Å². The van der Waals surface area contributed by atoms with Crippen molar-refractivity contribution in [3.05, 3.63) is 54.2 Å². The van der Waals surface area contributed by atoms with Gasteiger partial charge in [-0.3, -0.25) is 4.79 Å². The minimum Gasteiger partial charge on any atom is -0.497 e. The van der Waals surface area contributed by atoms with Gasteiger partial charge in [0.2, 0.25) is 5.89 Å². The third-order valence-electron chi connectivity index (χ3n) is 5.60. The van der Waals surface area contributed by atoms with Crippen LogP contribution in [0, 0.1) is 5.41 Å². The number of carbonyl (C=O) groups excluding carboxylic acids is 1. The second-order valence-corrected chi connectivity index (χ2v) is 8.09. The smallest absolute Gasteiger partial charge is 0.275 e. The number of hydrogen-bond donors (Lipinski definition) is 1. The molecule has 2 aromatic carbocycles. The van der Waals surface area contributed by atoms with E-state index in [1.54, 1.807) is 12.0 Å². The second-order valence-electron chi connectivity index (χ2n) is 8.09. The van der Waals surface area contributed by atoms with Gasteiger partial charge in [0.25, 0.3) is 5.91 Å². The van der Waals surface area contributed by atoms with Crippen LogP contribution in [0.15, 0.2) is 47.1 Å². The molecule has 1 saturated heterocycles. The first-order chi connectivity index (χ1) is 14.5. The molecule has 7 nitrogen and oxygen atoms in total. The normalized spacial score (nSPS) is 19.1. The van der Waals surface area contributed by atoms with Crippen molar-refractivity contribution in [1.82, 2.24) is 9.88 Å². The van der Waals surface area contributed by atoms with Gasteiger partial charge in [-0.25, -0.2) is 4.98 Å². The van der Waals surface area contributed by atoms with Gasteiger partial charge in [0.15, 0.2) is 12.3 Å². The first-order valence-corrected chi connectivity index (χ1v) is 10.0. The summed E-state index contributed by atoms with van der Waals surface area (Å²) in [5, 5.41) is 11.7. The highest BCUT2D eigenvalue weighted by atomic mass is 16.5. The van der Waals surface area contributed by atoms with E-state index in [0.29, 0.717) is 24.7 Å². The number of hydrogen-bond acceptors (Lipinski definition) is 6. The van der Waals surface area contributed by atoms with Gasteiger partial charge < -0.3 is 23.9 Å². The summed E-state index contributed by atoms with van der Waals surface area (Å²) in [6.45, 7) is 3.35. The molecule has 1 amide bonds. The molecule has 1 atom stereocenters. The molecule has 3 aromatic rings. The fourth-order valence-corrected chi connectivity index (χ4v) is 3.82. The maximum atomic E-state index is 12.8. The Balaban J connectivity index is 1.41. The first-order valence-electron chi connectivity index (χ1n) is 10.0. The van der Waals surface area contributed by atoms with Gasteiger partial charge in [-0.05, 0) is 47.9 Å². The zero-order valence-electron chi connectivity index (χ0n) is 17.3. The minimum atomic E-state index is -0.262.